The predicted molar refractivity (Wildman–Crippen MR) is 111 cm³/mol. The van der Waals surface area contributed by atoms with E-state index in [-0.39, 0.29) is 30.7 Å². The molecule has 1 fully saturated rings. The Labute approximate surface area is 170 Å². The monoisotopic (exact) mass is 414 g/mol. The minimum Gasteiger partial charge on any atom is -0.352 e. The van der Waals surface area contributed by atoms with Crippen LogP contribution in [0.3, 0.4) is 0 Å². The molecule has 1 saturated heterocycles. The van der Waals surface area contributed by atoms with Crippen LogP contribution in [0.5, 0.6) is 0 Å². The third-order valence-electron chi connectivity index (χ3n) is 4.77. The van der Waals surface area contributed by atoms with E-state index in [0.29, 0.717) is 0 Å². The van der Waals surface area contributed by atoms with E-state index in [1.54, 1.807) is 0 Å². The SMILES string of the molecule is Cl.Cl.O=C(NCCCC1CCNCC1)C1=Cc2cnc3cccc(n23)S1. The van der Waals surface area contributed by atoms with Gasteiger partial charge in [-0.3, -0.25) is 9.20 Å². The van der Waals surface area contributed by atoms with Gasteiger partial charge in [-0.25, -0.2) is 4.98 Å². The van der Waals surface area contributed by atoms with Crippen LogP contribution in [0.25, 0.3) is 11.7 Å². The lowest BCUT2D eigenvalue weighted by atomic mass is 9.93. The van der Waals surface area contributed by atoms with Crippen molar-refractivity contribution in [3.8, 4) is 0 Å². The standard InChI is InChI=1S/C18H22N4OS.2ClH/c23-18(20-8-2-3-13-6-9-19-10-7-13)15-11-14-12-21-16-4-1-5-17(24-15)22(14)16;;/h1,4-5,11-13,19H,2-3,6-10H2,(H,20,23);2*1H. The first kappa shape index (κ1) is 21.1. The fourth-order valence-corrected chi connectivity index (χ4v) is 4.46. The summed E-state index contributed by atoms with van der Waals surface area (Å²) in [6, 6.07) is 5.99. The van der Waals surface area contributed by atoms with Gasteiger partial charge in [0.15, 0.2) is 0 Å². The number of hydrogen-bond donors (Lipinski definition) is 2. The van der Waals surface area contributed by atoms with Crippen molar-refractivity contribution >= 4 is 54.2 Å². The minimum absolute atomic E-state index is 0. The summed E-state index contributed by atoms with van der Waals surface area (Å²) in [5.41, 5.74) is 1.90. The third kappa shape index (κ3) is 4.55. The smallest absolute Gasteiger partial charge is 0.258 e. The Balaban J connectivity index is 0.00000121. The second-order valence-corrected chi connectivity index (χ2v) is 7.51. The van der Waals surface area contributed by atoms with Crippen LogP contribution in [0.2, 0.25) is 0 Å². The highest BCUT2D eigenvalue weighted by Crippen LogP contribution is 2.34. The first-order chi connectivity index (χ1) is 11.8. The first-order valence-electron chi connectivity index (χ1n) is 8.66. The lowest BCUT2D eigenvalue weighted by Gasteiger charge is -2.22. The van der Waals surface area contributed by atoms with Crippen molar-refractivity contribution < 1.29 is 4.79 Å². The molecule has 1 amide bonds. The predicted octanol–water partition coefficient (Wildman–Crippen LogP) is 3.52. The van der Waals surface area contributed by atoms with Crippen molar-refractivity contribution in [1.29, 1.82) is 0 Å². The molecule has 142 valence electrons. The summed E-state index contributed by atoms with van der Waals surface area (Å²) in [6.45, 7) is 3.03. The highest BCUT2D eigenvalue weighted by atomic mass is 35.5. The van der Waals surface area contributed by atoms with E-state index in [1.807, 2.05) is 30.5 Å². The number of hydrogen-bond acceptors (Lipinski definition) is 4. The average Bonchev–Trinajstić information content (AvgIpc) is 3.04. The molecular weight excluding hydrogens is 391 g/mol. The molecule has 0 radical (unpaired) electrons. The molecule has 0 atom stereocenters. The molecule has 4 heterocycles. The molecule has 5 nitrogen and oxygen atoms in total. The summed E-state index contributed by atoms with van der Waals surface area (Å²) in [6.07, 6.45) is 8.55. The van der Waals surface area contributed by atoms with E-state index < -0.39 is 0 Å². The summed E-state index contributed by atoms with van der Waals surface area (Å²) >= 11 is 1.51. The Hall–Kier alpha value is -1.21. The van der Waals surface area contributed by atoms with E-state index in [9.17, 15) is 4.79 Å². The van der Waals surface area contributed by atoms with Crippen LogP contribution >= 0.6 is 36.6 Å². The van der Waals surface area contributed by atoms with Gasteiger partial charge in [0, 0.05) is 6.54 Å². The number of thioether (sulfide) groups is 1. The Morgan fingerprint density at radius 3 is 2.92 bits per heavy atom. The fraction of sp³-hybridized carbons (Fsp3) is 0.444. The molecule has 2 aliphatic heterocycles. The lowest BCUT2D eigenvalue weighted by Crippen LogP contribution is -2.29. The maximum Gasteiger partial charge on any atom is 0.258 e. The highest BCUT2D eigenvalue weighted by molar-refractivity contribution is 8.04. The fourth-order valence-electron chi connectivity index (χ4n) is 3.45. The van der Waals surface area contributed by atoms with Crippen LogP contribution < -0.4 is 10.6 Å². The molecular formula is C18H24Cl2N4OS. The second-order valence-electron chi connectivity index (χ2n) is 6.44. The molecule has 2 N–H and O–H groups in total. The van der Waals surface area contributed by atoms with Gasteiger partial charge in [-0.05, 0) is 62.9 Å². The van der Waals surface area contributed by atoms with Crippen LogP contribution in [-0.2, 0) is 4.79 Å². The summed E-state index contributed by atoms with van der Waals surface area (Å²) in [5.74, 6) is 0.841. The number of piperidine rings is 1. The van der Waals surface area contributed by atoms with Crippen molar-refractivity contribution in [2.75, 3.05) is 19.6 Å². The highest BCUT2D eigenvalue weighted by Gasteiger charge is 2.20. The Morgan fingerprint density at radius 2 is 2.12 bits per heavy atom. The maximum atomic E-state index is 12.5. The van der Waals surface area contributed by atoms with Crippen molar-refractivity contribution in [3.63, 3.8) is 0 Å². The number of halogens is 2. The molecule has 0 bridgehead atoms. The summed E-state index contributed by atoms with van der Waals surface area (Å²) in [5, 5.41) is 7.51. The topological polar surface area (TPSA) is 58.4 Å². The Bertz CT molecular complexity index is 787. The van der Waals surface area contributed by atoms with E-state index in [2.05, 4.69) is 20.0 Å². The zero-order valence-corrected chi connectivity index (χ0v) is 16.9. The van der Waals surface area contributed by atoms with Gasteiger partial charge in [-0.15, -0.1) is 24.8 Å². The van der Waals surface area contributed by atoms with Crippen molar-refractivity contribution in [2.24, 2.45) is 5.92 Å². The van der Waals surface area contributed by atoms with Crippen LogP contribution in [0, 0.1) is 5.92 Å². The number of pyridine rings is 1. The van der Waals surface area contributed by atoms with Crippen LogP contribution in [0.4, 0.5) is 0 Å². The van der Waals surface area contributed by atoms with E-state index in [1.165, 1.54) is 31.0 Å². The van der Waals surface area contributed by atoms with Gasteiger partial charge in [0.05, 0.1) is 21.8 Å². The molecule has 0 saturated carbocycles. The first-order valence-corrected chi connectivity index (χ1v) is 9.48. The number of carbonyl (C=O) groups excluding carboxylic acids is 1. The molecule has 0 aromatic carbocycles. The van der Waals surface area contributed by atoms with Gasteiger partial charge in [0.2, 0.25) is 0 Å². The van der Waals surface area contributed by atoms with Crippen molar-refractivity contribution in [2.45, 2.75) is 30.7 Å². The molecule has 2 aromatic rings. The number of aromatic nitrogens is 2. The van der Waals surface area contributed by atoms with Crippen LogP contribution in [-0.4, -0.2) is 34.9 Å². The zero-order valence-electron chi connectivity index (χ0n) is 14.4. The number of carbonyl (C=O) groups is 1. The van der Waals surface area contributed by atoms with E-state index in [0.717, 1.165) is 53.2 Å². The molecule has 2 aliphatic rings. The quantitative estimate of drug-likeness (QED) is 0.734. The lowest BCUT2D eigenvalue weighted by molar-refractivity contribution is -0.116. The Morgan fingerprint density at radius 1 is 1.31 bits per heavy atom. The molecule has 2 aromatic heterocycles. The molecule has 8 heteroatoms. The average molecular weight is 415 g/mol. The Kier molecular flexibility index (Phi) is 7.83. The van der Waals surface area contributed by atoms with E-state index in [4.69, 9.17) is 0 Å². The normalized spacial score (nSPS) is 16.4. The van der Waals surface area contributed by atoms with Gasteiger partial charge in [0.1, 0.15) is 5.65 Å². The molecule has 26 heavy (non-hydrogen) atoms. The maximum absolute atomic E-state index is 12.5. The summed E-state index contributed by atoms with van der Waals surface area (Å²) in [7, 11) is 0. The van der Waals surface area contributed by atoms with Gasteiger partial charge >= 0.3 is 0 Å². The molecule has 0 aliphatic carbocycles. The number of amides is 1. The summed E-state index contributed by atoms with van der Waals surface area (Å²) < 4.78 is 2.08. The largest absolute Gasteiger partial charge is 0.352 e. The number of nitrogens with zero attached hydrogens (tertiary/aromatic N) is 2. The van der Waals surface area contributed by atoms with Gasteiger partial charge in [-0.1, -0.05) is 17.8 Å². The summed E-state index contributed by atoms with van der Waals surface area (Å²) in [4.78, 5) is 17.6. The number of rotatable bonds is 5. The zero-order chi connectivity index (χ0) is 16.4. The number of imidazole rings is 1. The van der Waals surface area contributed by atoms with Crippen molar-refractivity contribution in [3.05, 3.63) is 35.0 Å². The van der Waals surface area contributed by atoms with Crippen LogP contribution in [0.1, 0.15) is 31.4 Å². The van der Waals surface area contributed by atoms with Gasteiger partial charge < -0.3 is 10.6 Å². The van der Waals surface area contributed by atoms with Crippen molar-refractivity contribution in [1.82, 2.24) is 20.0 Å². The number of nitrogens with one attached hydrogen (secondary N) is 2. The second kappa shape index (κ2) is 9.65. The van der Waals surface area contributed by atoms with Gasteiger partial charge in [0.25, 0.3) is 5.91 Å². The third-order valence-corrected chi connectivity index (χ3v) is 5.82. The van der Waals surface area contributed by atoms with E-state index >= 15 is 0 Å². The van der Waals surface area contributed by atoms with Crippen LogP contribution in [0.15, 0.2) is 34.3 Å². The molecule has 0 spiro atoms. The van der Waals surface area contributed by atoms with Gasteiger partial charge in [-0.2, -0.15) is 0 Å². The molecule has 4 rings (SSSR count). The minimum atomic E-state index is 0. The molecule has 0 unspecified atom stereocenters.